The molecule has 0 aromatic heterocycles. The molecular formula is C16H18F3NO4. The first-order valence-corrected chi connectivity index (χ1v) is 7.75. The Kier molecular flexibility index (Phi) is 4.58. The molecule has 1 amide bonds. The molecule has 3 rings (SSSR count). The highest BCUT2D eigenvalue weighted by atomic mass is 19.4. The van der Waals surface area contributed by atoms with E-state index in [-0.39, 0.29) is 19.3 Å². The Balaban J connectivity index is 1.60. The first-order valence-electron chi connectivity index (χ1n) is 7.75. The number of carbonyl (C=O) groups is 1. The topological polar surface area (TPSA) is 59.0 Å². The summed E-state index contributed by atoms with van der Waals surface area (Å²) in [5.41, 5.74) is 0.870. The number of carbonyl (C=O) groups excluding carboxylic acids is 1. The predicted molar refractivity (Wildman–Crippen MR) is 77.8 cm³/mol. The molecule has 2 aliphatic rings. The lowest BCUT2D eigenvalue weighted by Gasteiger charge is -2.36. The monoisotopic (exact) mass is 345 g/mol. The number of rotatable bonds is 3. The summed E-state index contributed by atoms with van der Waals surface area (Å²) >= 11 is 0. The largest absolute Gasteiger partial charge is 0.454 e. The van der Waals surface area contributed by atoms with E-state index in [1.54, 1.807) is 12.1 Å². The summed E-state index contributed by atoms with van der Waals surface area (Å²) < 4.78 is 47.2. The van der Waals surface area contributed by atoms with Crippen LogP contribution in [-0.2, 0) is 4.79 Å². The first-order chi connectivity index (χ1) is 11.3. The fourth-order valence-corrected chi connectivity index (χ4v) is 3.10. The number of ether oxygens (including phenoxy) is 2. The van der Waals surface area contributed by atoms with E-state index >= 15 is 0 Å². The van der Waals surface area contributed by atoms with Crippen molar-refractivity contribution in [2.75, 3.05) is 19.9 Å². The number of hydrogen-bond donors (Lipinski definition) is 1. The van der Waals surface area contributed by atoms with Crippen molar-refractivity contribution in [3.63, 3.8) is 0 Å². The van der Waals surface area contributed by atoms with Crippen LogP contribution >= 0.6 is 0 Å². The second kappa shape index (κ2) is 6.51. The van der Waals surface area contributed by atoms with Crippen LogP contribution in [-0.4, -0.2) is 48.1 Å². The molecule has 0 saturated carbocycles. The van der Waals surface area contributed by atoms with Gasteiger partial charge in [-0.05, 0) is 24.1 Å². The molecule has 5 nitrogen and oxygen atoms in total. The van der Waals surface area contributed by atoms with Gasteiger partial charge in [-0.3, -0.25) is 4.79 Å². The lowest BCUT2D eigenvalue weighted by Crippen LogP contribution is -2.45. The van der Waals surface area contributed by atoms with Crippen molar-refractivity contribution < 1.29 is 32.5 Å². The van der Waals surface area contributed by atoms with E-state index in [2.05, 4.69) is 0 Å². The van der Waals surface area contributed by atoms with Crippen LogP contribution in [0.4, 0.5) is 13.2 Å². The number of halogens is 3. The Labute approximate surface area is 137 Å². The van der Waals surface area contributed by atoms with E-state index in [0.717, 1.165) is 5.56 Å². The van der Waals surface area contributed by atoms with Gasteiger partial charge in [0.15, 0.2) is 11.5 Å². The van der Waals surface area contributed by atoms with Crippen LogP contribution in [0.5, 0.6) is 11.5 Å². The molecule has 0 radical (unpaired) electrons. The van der Waals surface area contributed by atoms with Crippen LogP contribution in [0, 0.1) is 0 Å². The van der Waals surface area contributed by atoms with Crippen molar-refractivity contribution in [3.05, 3.63) is 23.8 Å². The summed E-state index contributed by atoms with van der Waals surface area (Å²) in [4.78, 5) is 13.2. The summed E-state index contributed by atoms with van der Waals surface area (Å²) in [5, 5.41) is 10.3. The van der Waals surface area contributed by atoms with Crippen LogP contribution < -0.4 is 9.47 Å². The number of benzene rings is 1. The molecule has 0 spiro atoms. The molecule has 2 aliphatic heterocycles. The van der Waals surface area contributed by atoms with Crippen molar-refractivity contribution in [3.8, 4) is 11.5 Å². The minimum Gasteiger partial charge on any atom is -0.454 e. The summed E-state index contributed by atoms with van der Waals surface area (Å²) in [7, 11) is 0. The van der Waals surface area contributed by atoms with E-state index in [1.807, 2.05) is 6.07 Å². The number of amides is 1. The van der Waals surface area contributed by atoms with Gasteiger partial charge in [-0.1, -0.05) is 6.07 Å². The first kappa shape index (κ1) is 16.9. The second-order valence-electron chi connectivity index (χ2n) is 6.03. The van der Waals surface area contributed by atoms with Gasteiger partial charge in [0.05, 0.1) is 12.5 Å². The molecule has 1 N–H and O–H groups in total. The number of fused-ring (bicyclic) bond motifs is 1. The molecule has 0 aliphatic carbocycles. The van der Waals surface area contributed by atoms with E-state index in [4.69, 9.17) is 9.47 Å². The fourth-order valence-electron chi connectivity index (χ4n) is 3.10. The van der Waals surface area contributed by atoms with Crippen LogP contribution in [0.15, 0.2) is 18.2 Å². The van der Waals surface area contributed by atoms with Gasteiger partial charge in [0.25, 0.3) is 0 Å². The van der Waals surface area contributed by atoms with E-state index < -0.39 is 31.0 Å². The number of likely N-dealkylation sites (tertiary alicyclic amines) is 1. The minimum atomic E-state index is -4.35. The molecule has 0 unspecified atom stereocenters. The molecular weight excluding hydrogens is 327 g/mol. The number of piperidine rings is 1. The summed E-state index contributed by atoms with van der Waals surface area (Å²) in [6.45, 7) is 0.524. The zero-order valence-electron chi connectivity index (χ0n) is 12.9. The molecule has 2 atom stereocenters. The van der Waals surface area contributed by atoms with Crippen molar-refractivity contribution in [2.45, 2.75) is 37.5 Å². The molecule has 24 heavy (non-hydrogen) atoms. The Hall–Kier alpha value is -1.96. The SMILES string of the molecule is O=C(CCC(F)(F)F)N1CC[C@@H](c2ccc3c(c2)OCO3)[C@H](O)C1. The zero-order valence-corrected chi connectivity index (χ0v) is 12.9. The highest BCUT2D eigenvalue weighted by Crippen LogP contribution is 2.37. The number of nitrogens with zero attached hydrogens (tertiary/aromatic N) is 1. The highest BCUT2D eigenvalue weighted by molar-refractivity contribution is 5.76. The molecule has 1 aromatic carbocycles. The molecule has 132 valence electrons. The fraction of sp³-hybridized carbons (Fsp3) is 0.562. The molecule has 1 fully saturated rings. The normalized spacial score (nSPS) is 23.4. The summed E-state index contributed by atoms with van der Waals surface area (Å²) in [6.07, 6.45) is -6.40. The molecule has 2 heterocycles. The molecule has 8 heteroatoms. The maximum atomic E-state index is 12.2. The Bertz CT molecular complexity index is 620. The van der Waals surface area contributed by atoms with Crippen molar-refractivity contribution in [1.29, 1.82) is 0 Å². The highest BCUT2D eigenvalue weighted by Gasteiger charge is 2.34. The number of hydrogen-bond acceptors (Lipinski definition) is 4. The van der Waals surface area contributed by atoms with Crippen LogP contribution in [0.2, 0.25) is 0 Å². The van der Waals surface area contributed by atoms with Gasteiger partial charge >= 0.3 is 6.18 Å². The third kappa shape index (κ3) is 3.75. The van der Waals surface area contributed by atoms with Crippen LogP contribution in [0.25, 0.3) is 0 Å². The van der Waals surface area contributed by atoms with Gasteiger partial charge in [-0.25, -0.2) is 0 Å². The lowest BCUT2D eigenvalue weighted by atomic mass is 9.86. The average molecular weight is 345 g/mol. The van der Waals surface area contributed by atoms with E-state index in [1.165, 1.54) is 4.90 Å². The van der Waals surface area contributed by atoms with Crippen molar-refractivity contribution >= 4 is 5.91 Å². The van der Waals surface area contributed by atoms with E-state index in [9.17, 15) is 23.1 Å². The number of β-amino-alcohol motifs (C(OH)–C–C–N with tert-alkyl or cyclic N) is 1. The Morgan fingerprint density at radius 1 is 1.29 bits per heavy atom. The number of aliphatic hydroxyl groups excluding tert-OH is 1. The van der Waals surface area contributed by atoms with E-state index in [0.29, 0.717) is 24.5 Å². The van der Waals surface area contributed by atoms with Gasteiger partial charge in [-0.2, -0.15) is 13.2 Å². The number of aliphatic hydroxyl groups is 1. The maximum Gasteiger partial charge on any atom is 0.389 e. The average Bonchev–Trinajstić information content (AvgIpc) is 2.99. The number of alkyl halides is 3. The standard InChI is InChI=1S/C16H18F3NO4/c17-16(18,19)5-3-15(22)20-6-4-11(12(21)8-20)10-1-2-13-14(7-10)24-9-23-13/h1-2,7,11-12,21H,3-6,8-9H2/t11-,12+/m0/s1. The van der Waals surface area contributed by atoms with Gasteiger partial charge < -0.3 is 19.5 Å². The second-order valence-corrected chi connectivity index (χ2v) is 6.03. The van der Waals surface area contributed by atoms with Gasteiger partial charge in [0, 0.05) is 25.4 Å². The summed E-state index contributed by atoms with van der Waals surface area (Å²) in [5.74, 6) is 0.498. The van der Waals surface area contributed by atoms with Crippen molar-refractivity contribution in [1.82, 2.24) is 4.90 Å². The van der Waals surface area contributed by atoms with Crippen LogP contribution in [0.3, 0.4) is 0 Å². The third-order valence-electron chi connectivity index (χ3n) is 4.38. The minimum absolute atomic E-state index is 0.0375. The van der Waals surface area contributed by atoms with Gasteiger partial charge in [0.1, 0.15) is 0 Å². The third-order valence-corrected chi connectivity index (χ3v) is 4.38. The smallest absolute Gasteiger partial charge is 0.389 e. The molecule has 1 saturated heterocycles. The lowest BCUT2D eigenvalue weighted by molar-refractivity contribution is -0.150. The van der Waals surface area contributed by atoms with Crippen molar-refractivity contribution in [2.24, 2.45) is 0 Å². The quantitative estimate of drug-likeness (QED) is 0.914. The Morgan fingerprint density at radius 3 is 2.75 bits per heavy atom. The summed E-state index contributed by atoms with van der Waals surface area (Å²) in [6, 6.07) is 5.41. The van der Waals surface area contributed by atoms with Crippen LogP contribution in [0.1, 0.15) is 30.7 Å². The Morgan fingerprint density at radius 2 is 2.04 bits per heavy atom. The maximum absolute atomic E-state index is 12.2. The zero-order chi connectivity index (χ0) is 17.3. The molecule has 0 bridgehead atoms. The molecule has 1 aromatic rings. The predicted octanol–water partition coefficient (Wildman–Crippen LogP) is 2.43. The van der Waals surface area contributed by atoms with Gasteiger partial charge in [0.2, 0.25) is 12.7 Å². The van der Waals surface area contributed by atoms with Gasteiger partial charge in [-0.15, -0.1) is 0 Å².